The van der Waals surface area contributed by atoms with E-state index < -0.39 is 0 Å². The van der Waals surface area contributed by atoms with E-state index in [4.69, 9.17) is 5.73 Å². The molecule has 2 rings (SSSR count). The SMILES string of the molecule is CCc1nnc(N2CCCC2CN)c(C#N)c1CC. The Hall–Kier alpha value is -1.67. The third-order valence-electron chi connectivity index (χ3n) is 3.86. The lowest BCUT2D eigenvalue weighted by atomic mass is 10.0. The fraction of sp³-hybridized carbons (Fsp3) is 0.643. The molecule has 1 atom stereocenters. The number of anilines is 1. The van der Waals surface area contributed by atoms with Crippen LogP contribution in [0.3, 0.4) is 0 Å². The first-order chi connectivity index (χ1) is 9.26. The van der Waals surface area contributed by atoms with Gasteiger partial charge in [-0.25, -0.2) is 0 Å². The number of nitriles is 1. The highest BCUT2D eigenvalue weighted by Gasteiger charge is 2.28. The Bertz CT molecular complexity index is 491. The molecular formula is C14H21N5. The van der Waals surface area contributed by atoms with Gasteiger partial charge in [-0.3, -0.25) is 0 Å². The van der Waals surface area contributed by atoms with Crippen molar-refractivity contribution in [3.8, 4) is 6.07 Å². The lowest BCUT2D eigenvalue weighted by molar-refractivity contribution is 0.664. The van der Waals surface area contributed by atoms with Crippen LogP contribution in [0.2, 0.25) is 0 Å². The van der Waals surface area contributed by atoms with Crippen LogP contribution in [-0.2, 0) is 12.8 Å². The second-order valence-corrected chi connectivity index (χ2v) is 4.87. The lowest BCUT2D eigenvalue weighted by Gasteiger charge is -2.26. The normalized spacial score (nSPS) is 18.6. The summed E-state index contributed by atoms with van der Waals surface area (Å²) in [6.07, 6.45) is 3.80. The number of hydrogen-bond donors (Lipinski definition) is 1. The zero-order chi connectivity index (χ0) is 13.8. The number of aromatic nitrogens is 2. The second-order valence-electron chi connectivity index (χ2n) is 4.87. The van der Waals surface area contributed by atoms with Crippen molar-refractivity contribution in [3.05, 3.63) is 16.8 Å². The van der Waals surface area contributed by atoms with Crippen LogP contribution in [-0.4, -0.2) is 29.3 Å². The van der Waals surface area contributed by atoms with E-state index in [2.05, 4.69) is 28.1 Å². The first-order valence-corrected chi connectivity index (χ1v) is 7.01. The molecule has 2 heterocycles. The van der Waals surface area contributed by atoms with Gasteiger partial charge in [0.2, 0.25) is 0 Å². The topological polar surface area (TPSA) is 78.8 Å². The van der Waals surface area contributed by atoms with Gasteiger partial charge in [0.25, 0.3) is 0 Å². The van der Waals surface area contributed by atoms with E-state index >= 15 is 0 Å². The average Bonchev–Trinajstić information content (AvgIpc) is 2.93. The van der Waals surface area contributed by atoms with Gasteiger partial charge in [-0.15, -0.1) is 5.10 Å². The van der Waals surface area contributed by atoms with Crippen molar-refractivity contribution in [3.63, 3.8) is 0 Å². The quantitative estimate of drug-likeness (QED) is 0.884. The summed E-state index contributed by atoms with van der Waals surface area (Å²) in [5, 5.41) is 18.1. The van der Waals surface area contributed by atoms with Gasteiger partial charge in [0.15, 0.2) is 5.82 Å². The highest BCUT2D eigenvalue weighted by Crippen LogP contribution is 2.28. The largest absolute Gasteiger partial charge is 0.350 e. The molecule has 0 aromatic carbocycles. The molecule has 1 unspecified atom stereocenters. The number of aryl methyl sites for hydroxylation is 1. The molecule has 1 aliphatic heterocycles. The van der Waals surface area contributed by atoms with Crippen molar-refractivity contribution in [2.45, 2.75) is 45.6 Å². The zero-order valence-electron chi connectivity index (χ0n) is 11.7. The molecule has 1 saturated heterocycles. The molecular weight excluding hydrogens is 238 g/mol. The molecule has 1 aromatic rings. The molecule has 102 valence electrons. The summed E-state index contributed by atoms with van der Waals surface area (Å²) < 4.78 is 0. The molecule has 1 fully saturated rings. The standard InChI is InChI=1S/C14H21N5/c1-3-11-12(9-16)14(18-17-13(11)4-2)19-7-5-6-10(19)8-15/h10H,3-8,15H2,1-2H3. The summed E-state index contributed by atoms with van der Waals surface area (Å²) in [4.78, 5) is 2.16. The molecule has 0 saturated carbocycles. The number of nitrogens with zero attached hydrogens (tertiary/aromatic N) is 4. The average molecular weight is 259 g/mol. The van der Waals surface area contributed by atoms with E-state index in [9.17, 15) is 5.26 Å². The van der Waals surface area contributed by atoms with Crippen LogP contribution in [0.25, 0.3) is 0 Å². The first kappa shape index (κ1) is 13.8. The van der Waals surface area contributed by atoms with Gasteiger partial charge in [-0.2, -0.15) is 10.4 Å². The number of nitrogens with two attached hydrogens (primary N) is 1. The van der Waals surface area contributed by atoms with Crippen molar-refractivity contribution in [1.29, 1.82) is 5.26 Å². The van der Waals surface area contributed by atoms with Crippen molar-refractivity contribution in [2.24, 2.45) is 5.73 Å². The van der Waals surface area contributed by atoms with E-state index in [0.717, 1.165) is 49.3 Å². The van der Waals surface area contributed by atoms with E-state index in [-0.39, 0.29) is 0 Å². The Kier molecular flexibility index (Phi) is 4.33. The summed E-state index contributed by atoms with van der Waals surface area (Å²) in [7, 11) is 0. The fourth-order valence-electron chi connectivity index (χ4n) is 2.84. The van der Waals surface area contributed by atoms with Crippen LogP contribution in [0.4, 0.5) is 5.82 Å². The minimum absolute atomic E-state index is 0.290. The van der Waals surface area contributed by atoms with Gasteiger partial charge < -0.3 is 10.6 Å². The molecule has 0 spiro atoms. The van der Waals surface area contributed by atoms with Gasteiger partial charge >= 0.3 is 0 Å². The molecule has 2 N–H and O–H groups in total. The Labute approximate surface area is 114 Å². The Morgan fingerprint density at radius 3 is 2.74 bits per heavy atom. The molecule has 5 heteroatoms. The van der Waals surface area contributed by atoms with Gasteiger partial charge in [0, 0.05) is 19.1 Å². The third-order valence-corrected chi connectivity index (χ3v) is 3.86. The highest BCUT2D eigenvalue weighted by molar-refractivity contribution is 5.59. The van der Waals surface area contributed by atoms with Crippen molar-refractivity contribution in [1.82, 2.24) is 10.2 Å². The van der Waals surface area contributed by atoms with Gasteiger partial charge in [-0.1, -0.05) is 13.8 Å². The van der Waals surface area contributed by atoms with E-state index in [1.54, 1.807) is 0 Å². The third kappa shape index (κ3) is 2.41. The number of rotatable bonds is 4. The van der Waals surface area contributed by atoms with E-state index in [0.29, 0.717) is 18.2 Å². The van der Waals surface area contributed by atoms with Crippen LogP contribution < -0.4 is 10.6 Å². The van der Waals surface area contributed by atoms with Crippen molar-refractivity contribution in [2.75, 3.05) is 18.0 Å². The maximum Gasteiger partial charge on any atom is 0.169 e. The van der Waals surface area contributed by atoms with Gasteiger partial charge in [-0.05, 0) is 31.2 Å². The Balaban J connectivity index is 2.49. The van der Waals surface area contributed by atoms with Crippen LogP contribution in [0.15, 0.2) is 0 Å². The van der Waals surface area contributed by atoms with Crippen LogP contribution in [0, 0.1) is 11.3 Å². The predicted molar refractivity (Wildman–Crippen MR) is 74.9 cm³/mol. The molecule has 1 aliphatic rings. The minimum atomic E-state index is 0.290. The summed E-state index contributed by atoms with van der Waals surface area (Å²) >= 11 is 0. The maximum absolute atomic E-state index is 9.49. The van der Waals surface area contributed by atoms with Gasteiger partial charge in [0.1, 0.15) is 11.6 Å². The number of hydrogen-bond acceptors (Lipinski definition) is 5. The maximum atomic E-state index is 9.49. The molecule has 0 bridgehead atoms. The van der Waals surface area contributed by atoms with Crippen LogP contribution in [0.5, 0.6) is 0 Å². The molecule has 0 aliphatic carbocycles. The molecule has 5 nitrogen and oxygen atoms in total. The summed E-state index contributed by atoms with van der Waals surface area (Å²) in [6, 6.07) is 2.62. The van der Waals surface area contributed by atoms with Crippen molar-refractivity contribution >= 4 is 5.82 Å². The Morgan fingerprint density at radius 2 is 2.16 bits per heavy atom. The molecule has 0 radical (unpaired) electrons. The monoisotopic (exact) mass is 259 g/mol. The van der Waals surface area contributed by atoms with Crippen LogP contribution in [0.1, 0.15) is 43.5 Å². The summed E-state index contributed by atoms with van der Waals surface area (Å²) in [5.74, 6) is 0.726. The second kappa shape index (κ2) is 5.98. The first-order valence-electron chi connectivity index (χ1n) is 7.01. The minimum Gasteiger partial charge on any atom is -0.350 e. The zero-order valence-corrected chi connectivity index (χ0v) is 11.7. The predicted octanol–water partition coefficient (Wildman–Crippen LogP) is 1.40. The summed E-state index contributed by atoms with van der Waals surface area (Å²) in [5.41, 5.74) is 8.47. The van der Waals surface area contributed by atoms with E-state index in [1.165, 1.54) is 0 Å². The summed E-state index contributed by atoms with van der Waals surface area (Å²) in [6.45, 7) is 5.62. The molecule has 1 aromatic heterocycles. The highest BCUT2D eigenvalue weighted by atomic mass is 15.3. The van der Waals surface area contributed by atoms with Gasteiger partial charge in [0.05, 0.1) is 5.69 Å². The lowest BCUT2D eigenvalue weighted by Crippen LogP contribution is -2.36. The Morgan fingerprint density at radius 1 is 1.37 bits per heavy atom. The molecule has 0 amide bonds. The van der Waals surface area contributed by atoms with Crippen molar-refractivity contribution < 1.29 is 0 Å². The van der Waals surface area contributed by atoms with E-state index in [1.807, 2.05) is 6.92 Å². The smallest absolute Gasteiger partial charge is 0.169 e. The van der Waals surface area contributed by atoms with Crippen LogP contribution >= 0.6 is 0 Å². The fourth-order valence-corrected chi connectivity index (χ4v) is 2.84. The molecule has 19 heavy (non-hydrogen) atoms.